The summed E-state index contributed by atoms with van der Waals surface area (Å²) in [6, 6.07) is 3.87. The summed E-state index contributed by atoms with van der Waals surface area (Å²) < 4.78 is 5.68. The minimum absolute atomic E-state index is 0.181. The molecule has 0 saturated heterocycles. The topological polar surface area (TPSA) is 29.5 Å². The summed E-state index contributed by atoms with van der Waals surface area (Å²) in [6.45, 7) is 9.85. The molecule has 0 aromatic heterocycles. The molecule has 0 amide bonds. The van der Waals surface area contributed by atoms with Gasteiger partial charge in [-0.2, -0.15) is 0 Å². The van der Waals surface area contributed by atoms with E-state index < -0.39 is 6.10 Å². The van der Waals surface area contributed by atoms with E-state index in [0.29, 0.717) is 0 Å². The first-order valence-corrected chi connectivity index (χ1v) is 5.38. The minimum Gasteiger partial charge on any atom is -0.491 e. The zero-order chi connectivity index (χ0) is 11.6. The zero-order valence-corrected chi connectivity index (χ0v) is 10.2. The van der Waals surface area contributed by atoms with Gasteiger partial charge in [-0.1, -0.05) is 6.07 Å². The SMILES string of the molecule is Cc1c(OC(C)C)ccc(C(C)O)c1C. The Labute approximate surface area is 91.9 Å². The van der Waals surface area contributed by atoms with Crippen LogP contribution in [0.15, 0.2) is 12.1 Å². The fourth-order valence-electron chi connectivity index (χ4n) is 1.65. The van der Waals surface area contributed by atoms with Crippen molar-refractivity contribution in [3.05, 3.63) is 28.8 Å². The Hall–Kier alpha value is -1.02. The molecular weight excluding hydrogens is 188 g/mol. The van der Waals surface area contributed by atoms with Crippen LogP contribution in [0, 0.1) is 13.8 Å². The molecule has 84 valence electrons. The largest absolute Gasteiger partial charge is 0.491 e. The standard InChI is InChI=1S/C13H20O2/c1-8(2)15-13-7-6-12(11(5)14)9(3)10(13)4/h6-8,11,14H,1-5H3. The van der Waals surface area contributed by atoms with Crippen molar-refractivity contribution in [2.24, 2.45) is 0 Å². The second kappa shape index (κ2) is 4.67. The highest BCUT2D eigenvalue weighted by Crippen LogP contribution is 2.28. The van der Waals surface area contributed by atoms with E-state index >= 15 is 0 Å². The van der Waals surface area contributed by atoms with Crippen LogP contribution in [0.5, 0.6) is 5.75 Å². The number of aliphatic hydroxyl groups is 1. The lowest BCUT2D eigenvalue weighted by Gasteiger charge is -2.17. The van der Waals surface area contributed by atoms with Gasteiger partial charge in [-0.25, -0.2) is 0 Å². The summed E-state index contributed by atoms with van der Waals surface area (Å²) in [7, 11) is 0. The Morgan fingerprint density at radius 1 is 1.07 bits per heavy atom. The van der Waals surface area contributed by atoms with Gasteiger partial charge >= 0.3 is 0 Å². The Balaban J connectivity index is 3.10. The van der Waals surface area contributed by atoms with Gasteiger partial charge < -0.3 is 9.84 Å². The molecule has 0 aliphatic rings. The van der Waals surface area contributed by atoms with Crippen LogP contribution in [0.4, 0.5) is 0 Å². The molecule has 15 heavy (non-hydrogen) atoms. The van der Waals surface area contributed by atoms with E-state index in [9.17, 15) is 5.11 Å². The van der Waals surface area contributed by atoms with Crippen LogP contribution in [-0.4, -0.2) is 11.2 Å². The molecular formula is C13H20O2. The molecule has 0 saturated carbocycles. The van der Waals surface area contributed by atoms with Crippen LogP contribution in [0.2, 0.25) is 0 Å². The summed E-state index contributed by atoms with van der Waals surface area (Å²) >= 11 is 0. The Kier molecular flexibility index (Phi) is 3.75. The van der Waals surface area contributed by atoms with Crippen molar-refractivity contribution in [1.29, 1.82) is 0 Å². The van der Waals surface area contributed by atoms with Gasteiger partial charge in [0.1, 0.15) is 5.75 Å². The van der Waals surface area contributed by atoms with Crippen LogP contribution in [-0.2, 0) is 0 Å². The number of aliphatic hydroxyl groups excluding tert-OH is 1. The van der Waals surface area contributed by atoms with Crippen LogP contribution < -0.4 is 4.74 Å². The van der Waals surface area contributed by atoms with E-state index in [1.54, 1.807) is 6.92 Å². The van der Waals surface area contributed by atoms with E-state index in [0.717, 1.165) is 22.4 Å². The average Bonchev–Trinajstić information content (AvgIpc) is 2.12. The number of ether oxygens (including phenoxy) is 1. The second-order valence-corrected chi connectivity index (χ2v) is 4.25. The third kappa shape index (κ3) is 2.72. The van der Waals surface area contributed by atoms with E-state index in [1.165, 1.54) is 0 Å². The first-order chi connectivity index (χ1) is 6.93. The van der Waals surface area contributed by atoms with Gasteiger partial charge in [0.2, 0.25) is 0 Å². The average molecular weight is 208 g/mol. The molecule has 1 N–H and O–H groups in total. The number of benzene rings is 1. The molecule has 1 aromatic rings. The Morgan fingerprint density at radius 3 is 2.13 bits per heavy atom. The van der Waals surface area contributed by atoms with Crippen molar-refractivity contribution >= 4 is 0 Å². The monoisotopic (exact) mass is 208 g/mol. The lowest BCUT2D eigenvalue weighted by Crippen LogP contribution is -2.08. The molecule has 0 fully saturated rings. The minimum atomic E-state index is -0.420. The lowest BCUT2D eigenvalue weighted by atomic mass is 9.99. The first-order valence-electron chi connectivity index (χ1n) is 5.38. The molecule has 2 nitrogen and oxygen atoms in total. The third-order valence-corrected chi connectivity index (χ3v) is 2.59. The Bertz CT molecular complexity index is 341. The smallest absolute Gasteiger partial charge is 0.122 e. The number of hydrogen-bond donors (Lipinski definition) is 1. The molecule has 1 aromatic carbocycles. The summed E-state index contributed by atoms with van der Waals surface area (Å²) in [5.41, 5.74) is 3.20. The van der Waals surface area contributed by atoms with Crippen LogP contribution in [0.25, 0.3) is 0 Å². The molecule has 0 aliphatic heterocycles. The predicted molar refractivity (Wildman–Crippen MR) is 62.3 cm³/mol. The van der Waals surface area contributed by atoms with Crippen molar-refractivity contribution in [2.45, 2.75) is 46.8 Å². The number of hydrogen-bond acceptors (Lipinski definition) is 2. The van der Waals surface area contributed by atoms with Gasteiger partial charge in [-0.15, -0.1) is 0 Å². The van der Waals surface area contributed by atoms with E-state index in [4.69, 9.17) is 4.74 Å². The van der Waals surface area contributed by atoms with E-state index in [2.05, 4.69) is 0 Å². The molecule has 0 bridgehead atoms. The van der Waals surface area contributed by atoms with Gasteiger partial charge in [0.05, 0.1) is 12.2 Å². The van der Waals surface area contributed by atoms with Crippen molar-refractivity contribution < 1.29 is 9.84 Å². The van der Waals surface area contributed by atoms with E-state index in [-0.39, 0.29) is 6.10 Å². The van der Waals surface area contributed by atoms with Crippen molar-refractivity contribution in [2.75, 3.05) is 0 Å². The maximum absolute atomic E-state index is 9.56. The van der Waals surface area contributed by atoms with Crippen molar-refractivity contribution in [3.63, 3.8) is 0 Å². The summed E-state index contributed by atoms with van der Waals surface area (Å²) in [6.07, 6.45) is -0.239. The first kappa shape index (κ1) is 12.1. The van der Waals surface area contributed by atoms with Gasteiger partial charge in [0.15, 0.2) is 0 Å². The third-order valence-electron chi connectivity index (χ3n) is 2.59. The van der Waals surface area contributed by atoms with Gasteiger partial charge in [-0.3, -0.25) is 0 Å². The quantitative estimate of drug-likeness (QED) is 0.826. The molecule has 1 atom stereocenters. The van der Waals surface area contributed by atoms with Crippen molar-refractivity contribution in [3.8, 4) is 5.75 Å². The summed E-state index contributed by atoms with van der Waals surface area (Å²) in [5.74, 6) is 0.909. The molecule has 1 rings (SSSR count). The summed E-state index contributed by atoms with van der Waals surface area (Å²) in [5, 5.41) is 9.56. The normalized spacial score (nSPS) is 13.0. The van der Waals surface area contributed by atoms with Gasteiger partial charge in [-0.05, 0) is 57.4 Å². The maximum Gasteiger partial charge on any atom is 0.122 e. The second-order valence-electron chi connectivity index (χ2n) is 4.25. The van der Waals surface area contributed by atoms with Crippen molar-refractivity contribution in [1.82, 2.24) is 0 Å². The Morgan fingerprint density at radius 2 is 1.67 bits per heavy atom. The van der Waals surface area contributed by atoms with Crippen LogP contribution in [0.3, 0.4) is 0 Å². The molecule has 0 radical (unpaired) electrons. The number of rotatable bonds is 3. The highest BCUT2D eigenvalue weighted by atomic mass is 16.5. The summed E-state index contributed by atoms with van der Waals surface area (Å²) in [4.78, 5) is 0. The lowest BCUT2D eigenvalue weighted by molar-refractivity contribution is 0.198. The molecule has 1 unspecified atom stereocenters. The maximum atomic E-state index is 9.56. The molecule has 2 heteroatoms. The molecule has 0 heterocycles. The fourth-order valence-corrected chi connectivity index (χ4v) is 1.65. The zero-order valence-electron chi connectivity index (χ0n) is 10.2. The van der Waals surface area contributed by atoms with Gasteiger partial charge in [0, 0.05) is 0 Å². The van der Waals surface area contributed by atoms with Gasteiger partial charge in [0.25, 0.3) is 0 Å². The predicted octanol–water partition coefficient (Wildman–Crippen LogP) is 3.14. The molecule has 0 spiro atoms. The van der Waals surface area contributed by atoms with Crippen LogP contribution >= 0.6 is 0 Å². The highest BCUT2D eigenvalue weighted by Gasteiger charge is 2.11. The van der Waals surface area contributed by atoms with E-state index in [1.807, 2.05) is 39.8 Å². The van der Waals surface area contributed by atoms with Crippen LogP contribution in [0.1, 0.15) is 43.6 Å². The molecule has 0 aliphatic carbocycles. The fraction of sp³-hybridized carbons (Fsp3) is 0.538. The highest BCUT2D eigenvalue weighted by molar-refractivity contribution is 5.44.